The molecule has 0 atom stereocenters. The lowest BCUT2D eigenvalue weighted by Crippen LogP contribution is -1.78. The summed E-state index contributed by atoms with van der Waals surface area (Å²) < 4.78 is 5.39. The van der Waals surface area contributed by atoms with E-state index in [1.807, 2.05) is 60.8 Å². The molecule has 0 radical (unpaired) electrons. The molecule has 0 bridgehead atoms. The van der Waals surface area contributed by atoms with Gasteiger partial charge in [-0.25, -0.2) is 4.40 Å². The van der Waals surface area contributed by atoms with Gasteiger partial charge in [0.2, 0.25) is 0 Å². The molecule has 80 valence electrons. The maximum absolute atomic E-state index is 4.32. The summed E-state index contributed by atoms with van der Waals surface area (Å²) in [5.74, 6) is 0. The summed E-state index contributed by atoms with van der Waals surface area (Å²) >= 11 is 4.91. The van der Waals surface area contributed by atoms with Crippen LogP contribution in [0, 0.1) is 0 Å². The van der Waals surface area contributed by atoms with Crippen LogP contribution >= 0.6 is 27.9 Å². The zero-order valence-electron chi connectivity index (χ0n) is 8.51. The van der Waals surface area contributed by atoms with Gasteiger partial charge < -0.3 is 0 Å². The third-order valence-electron chi connectivity index (χ3n) is 1.95. The van der Waals surface area contributed by atoms with Gasteiger partial charge in [-0.05, 0) is 29.8 Å². The molecule has 0 saturated carbocycles. The predicted molar refractivity (Wildman–Crippen MR) is 74.0 cm³/mol. The SMILES string of the molecule is Brc1cccc(/C=N/Sc2ccccc2)c1. The van der Waals surface area contributed by atoms with Crippen LogP contribution in [0.4, 0.5) is 0 Å². The molecular formula is C13H10BrNS. The van der Waals surface area contributed by atoms with Crippen LogP contribution in [0.5, 0.6) is 0 Å². The van der Waals surface area contributed by atoms with Gasteiger partial charge in [0.1, 0.15) is 0 Å². The molecule has 2 aromatic rings. The fourth-order valence-electron chi connectivity index (χ4n) is 1.22. The molecule has 0 aliphatic rings. The van der Waals surface area contributed by atoms with Crippen molar-refractivity contribution in [3.8, 4) is 0 Å². The summed E-state index contributed by atoms with van der Waals surface area (Å²) in [6.45, 7) is 0. The minimum atomic E-state index is 1.07. The summed E-state index contributed by atoms with van der Waals surface area (Å²) in [6, 6.07) is 18.2. The minimum Gasteiger partial charge on any atom is -0.219 e. The standard InChI is InChI=1S/C13H10BrNS/c14-12-6-4-5-11(9-12)10-15-16-13-7-2-1-3-8-13/h1-10H/b15-10+. The van der Waals surface area contributed by atoms with Crippen LogP contribution in [0.3, 0.4) is 0 Å². The van der Waals surface area contributed by atoms with Gasteiger partial charge >= 0.3 is 0 Å². The third kappa shape index (κ3) is 3.51. The fourth-order valence-corrected chi connectivity index (χ4v) is 2.21. The van der Waals surface area contributed by atoms with Crippen molar-refractivity contribution < 1.29 is 0 Å². The zero-order chi connectivity index (χ0) is 11.2. The molecule has 2 rings (SSSR count). The summed E-state index contributed by atoms with van der Waals surface area (Å²) in [5.41, 5.74) is 1.10. The molecule has 0 aliphatic heterocycles. The maximum Gasteiger partial charge on any atom is 0.0428 e. The molecule has 2 aromatic carbocycles. The fraction of sp³-hybridized carbons (Fsp3) is 0. The zero-order valence-corrected chi connectivity index (χ0v) is 10.9. The van der Waals surface area contributed by atoms with E-state index in [2.05, 4.69) is 20.3 Å². The van der Waals surface area contributed by atoms with E-state index < -0.39 is 0 Å². The second kappa shape index (κ2) is 5.87. The highest BCUT2D eigenvalue weighted by atomic mass is 79.9. The van der Waals surface area contributed by atoms with Gasteiger partial charge in [0, 0.05) is 27.5 Å². The Morgan fingerprint density at radius 2 is 1.81 bits per heavy atom. The average molecular weight is 292 g/mol. The van der Waals surface area contributed by atoms with E-state index in [0.29, 0.717) is 0 Å². The summed E-state index contributed by atoms with van der Waals surface area (Å²) in [4.78, 5) is 1.15. The summed E-state index contributed by atoms with van der Waals surface area (Å²) in [7, 11) is 0. The van der Waals surface area contributed by atoms with Crippen LogP contribution < -0.4 is 0 Å². The molecule has 0 heterocycles. The maximum atomic E-state index is 4.32. The van der Waals surface area contributed by atoms with Crippen molar-refractivity contribution in [2.75, 3.05) is 0 Å². The van der Waals surface area contributed by atoms with Crippen molar-refractivity contribution >= 4 is 34.1 Å². The lowest BCUT2D eigenvalue weighted by atomic mass is 10.2. The van der Waals surface area contributed by atoms with Gasteiger partial charge in [-0.15, -0.1) is 0 Å². The van der Waals surface area contributed by atoms with Crippen molar-refractivity contribution in [3.63, 3.8) is 0 Å². The number of benzene rings is 2. The molecule has 0 spiro atoms. The molecular weight excluding hydrogens is 282 g/mol. The van der Waals surface area contributed by atoms with Gasteiger partial charge in [0.25, 0.3) is 0 Å². The number of nitrogens with zero attached hydrogens (tertiary/aromatic N) is 1. The molecule has 3 heteroatoms. The van der Waals surface area contributed by atoms with Crippen LogP contribution in [-0.2, 0) is 0 Å². The third-order valence-corrected chi connectivity index (χ3v) is 3.14. The Morgan fingerprint density at radius 3 is 2.56 bits per heavy atom. The first-order valence-corrected chi connectivity index (χ1v) is 6.42. The Balaban J connectivity index is 2.00. The number of rotatable bonds is 3. The van der Waals surface area contributed by atoms with E-state index in [9.17, 15) is 0 Å². The van der Waals surface area contributed by atoms with E-state index >= 15 is 0 Å². The van der Waals surface area contributed by atoms with E-state index in [1.165, 1.54) is 11.9 Å². The van der Waals surface area contributed by atoms with Gasteiger partial charge in [0.15, 0.2) is 0 Å². The molecule has 16 heavy (non-hydrogen) atoms. The van der Waals surface area contributed by atoms with E-state index in [1.54, 1.807) is 0 Å². The van der Waals surface area contributed by atoms with Crippen LogP contribution in [0.1, 0.15) is 5.56 Å². The highest BCUT2D eigenvalue weighted by Crippen LogP contribution is 2.18. The van der Waals surface area contributed by atoms with Crippen molar-refractivity contribution in [1.82, 2.24) is 0 Å². The van der Waals surface area contributed by atoms with E-state index in [0.717, 1.165) is 14.9 Å². The van der Waals surface area contributed by atoms with Gasteiger partial charge in [-0.2, -0.15) is 0 Å². The summed E-state index contributed by atoms with van der Waals surface area (Å²) in [5, 5.41) is 0. The Labute approximate surface area is 108 Å². The Morgan fingerprint density at radius 1 is 1.00 bits per heavy atom. The topological polar surface area (TPSA) is 12.4 Å². The van der Waals surface area contributed by atoms with Crippen molar-refractivity contribution in [3.05, 3.63) is 64.6 Å². The first-order chi connectivity index (χ1) is 7.84. The van der Waals surface area contributed by atoms with E-state index in [-0.39, 0.29) is 0 Å². The Hall–Kier alpha value is -1.06. The second-order valence-corrected chi connectivity index (χ2v) is 4.97. The van der Waals surface area contributed by atoms with Gasteiger partial charge in [-0.1, -0.05) is 46.3 Å². The van der Waals surface area contributed by atoms with Crippen LogP contribution in [0.15, 0.2) is 68.4 Å². The molecule has 0 amide bonds. The quantitative estimate of drug-likeness (QED) is 0.596. The van der Waals surface area contributed by atoms with Crippen molar-refractivity contribution in [2.24, 2.45) is 4.40 Å². The highest BCUT2D eigenvalue weighted by molar-refractivity contribution is 9.10. The van der Waals surface area contributed by atoms with Crippen molar-refractivity contribution in [1.29, 1.82) is 0 Å². The molecule has 0 fully saturated rings. The highest BCUT2D eigenvalue weighted by Gasteiger charge is 1.90. The van der Waals surface area contributed by atoms with Crippen molar-refractivity contribution in [2.45, 2.75) is 4.90 Å². The van der Waals surface area contributed by atoms with Crippen LogP contribution in [0.2, 0.25) is 0 Å². The summed E-state index contributed by atoms with van der Waals surface area (Å²) in [6.07, 6.45) is 1.86. The van der Waals surface area contributed by atoms with E-state index in [4.69, 9.17) is 0 Å². The lowest BCUT2D eigenvalue weighted by Gasteiger charge is -1.95. The smallest absolute Gasteiger partial charge is 0.0428 e. The second-order valence-electron chi connectivity index (χ2n) is 3.19. The first-order valence-electron chi connectivity index (χ1n) is 4.85. The minimum absolute atomic E-state index is 1.07. The van der Waals surface area contributed by atoms with Crippen LogP contribution in [0.25, 0.3) is 0 Å². The number of hydrogen-bond acceptors (Lipinski definition) is 2. The molecule has 0 aromatic heterocycles. The Kier molecular flexibility index (Phi) is 4.19. The molecule has 1 nitrogen and oxygen atoms in total. The molecule has 0 aliphatic carbocycles. The number of hydrogen-bond donors (Lipinski definition) is 0. The predicted octanol–water partition coefficient (Wildman–Crippen LogP) is 4.58. The number of halogens is 1. The Bertz CT molecular complexity index is 482. The monoisotopic (exact) mass is 291 g/mol. The van der Waals surface area contributed by atoms with Crippen LogP contribution in [-0.4, -0.2) is 6.21 Å². The molecule has 0 unspecified atom stereocenters. The molecule has 0 saturated heterocycles. The average Bonchev–Trinajstić information content (AvgIpc) is 2.30. The van der Waals surface area contributed by atoms with Gasteiger partial charge in [0.05, 0.1) is 0 Å². The largest absolute Gasteiger partial charge is 0.219 e. The first kappa shape index (κ1) is 11.4. The van der Waals surface area contributed by atoms with Gasteiger partial charge in [-0.3, -0.25) is 0 Å². The normalized spacial score (nSPS) is 10.8. The lowest BCUT2D eigenvalue weighted by molar-refractivity contribution is 1.46. The molecule has 0 N–H and O–H groups in total.